The smallest absolute Gasteiger partial charge is 0.0472 e. The average Bonchev–Trinajstić information content (AvgIpc) is 2.81. The molecule has 1 unspecified atom stereocenters. The Balaban J connectivity index is 1.92. The maximum Gasteiger partial charge on any atom is 0.0472 e. The lowest BCUT2D eigenvalue weighted by atomic mass is 10.0. The quantitative estimate of drug-likeness (QED) is 0.695. The van der Waals surface area contributed by atoms with Gasteiger partial charge in [0, 0.05) is 35.3 Å². The number of benzene rings is 1. The van der Waals surface area contributed by atoms with Crippen molar-refractivity contribution in [1.82, 2.24) is 10.3 Å². The monoisotopic (exact) mass is 294 g/mol. The molecule has 1 aromatic heterocycles. The normalized spacial score (nSPS) is 12.9. The first-order valence-electron chi connectivity index (χ1n) is 7.31. The number of halogens is 1. The van der Waals surface area contributed by atoms with Crippen molar-refractivity contribution in [2.45, 2.75) is 32.7 Å². The summed E-state index contributed by atoms with van der Waals surface area (Å²) in [6, 6.07) is 5.93. The van der Waals surface area contributed by atoms with Crippen LogP contribution in [0.5, 0.6) is 0 Å². The number of aliphatic hydroxyl groups excluding tert-OH is 1. The molecule has 1 heterocycles. The molecule has 0 aliphatic carbocycles. The second-order valence-electron chi connectivity index (χ2n) is 5.30. The van der Waals surface area contributed by atoms with Gasteiger partial charge in [-0.05, 0) is 43.0 Å². The Morgan fingerprint density at radius 1 is 1.35 bits per heavy atom. The fraction of sp³-hybridized carbons (Fsp3) is 0.500. The van der Waals surface area contributed by atoms with Gasteiger partial charge in [0.1, 0.15) is 0 Å². The lowest BCUT2D eigenvalue weighted by Gasteiger charge is -2.15. The topological polar surface area (TPSA) is 48.0 Å². The van der Waals surface area contributed by atoms with E-state index in [1.165, 1.54) is 10.9 Å². The number of aromatic amines is 1. The molecule has 4 heteroatoms. The highest BCUT2D eigenvalue weighted by atomic mass is 35.5. The van der Waals surface area contributed by atoms with E-state index < -0.39 is 0 Å². The first-order valence-corrected chi connectivity index (χ1v) is 7.69. The molecule has 0 aliphatic heterocycles. The van der Waals surface area contributed by atoms with E-state index in [1.807, 2.05) is 18.3 Å². The van der Waals surface area contributed by atoms with E-state index in [0.29, 0.717) is 5.92 Å². The van der Waals surface area contributed by atoms with Crippen LogP contribution in [-0.4, -0.2) is 23.2 Å². The molecule has 110 valence electrons. The molecular weight excluding hydrogens is 272 g/mol. The first kappa shape index (κ1) is 15.4. The summed E-state index contributed by atoms with van der Waals surface area (Å²) in [5, 5.41) is 14.5. The maximum absolute atomic E-state index is 9.07. The van der Waals surface area contributed by atoms with Crippen LogP contribution in [-0.2, 0) is 6.54 Å². The van der Waals surface area contributed by atoms with Gasteiger partial charge in [0.2, 0.25) is 0 Å². The van der Waals surface area contributed by atoms with Crippen LogP contribution in [0.1, 0.15) is 31.7 Å². The van der Waals surface area contributed by atoms with Gasteiger partial charge < -0.3 is 15.4 Å². The second kappa shape index (κ2) is 7.67. The molecule has 2 rings (SSSR count). The highest BCUT2D eigenvalue weighted by Crippen LogP contribution is 2.22. The number of nitrogens with one attached hydrogen (secondary N) is 2. The Morgan fingerprint density at radius 2 is 2.20 bits per heavy atom. The molecule has 20 heavy (non-hydrogen) atoms. The Hall–Kier alpha value is -1.03. The zero-order chi connectivity index (χ0) is 14.4. The van der Waals surface area contributed by atoms with Gasteiger partial charge in [-0.15, -0.1) is 0 Å². The predicted molar refractivity (Wildman–Crippen MR) is 85.1 cm³/mol. The van der Waals surface area contributed by atoms with Crippen molar-refractivity contribution in [1.29, 1.82) is 0 Å². The van der Waals surface area contributed by atoms with Gasteiger partial charge in [-0.2, -0.15) is 0 Å². The molecule has 1 aromatic carbocycles. The number of hydrogen-bond donors (Lipinski definition) is 3. The van der Waals surface area contributed by atoms with E-state index in [2.05, 4.69) is 23.3 Å². The Morgan fingerprint density at radius 3 is 2.95 bits per heavy atom. The van der Waals surface area contributed by atoms with Crippen molar-refractivity contribution in [2.24, 2.45) is 5.92 Å². The molecule has 0 bridgehead atoms. The summed E-state index contributed by atoms with van der Waals surface area (Å²) < 4.78 is 0. The third-order valence-corrected chi connectivity index (χ3v) is 3.95. The zero-order valence-electron chi connectivity index (χ0n) is 12.0. The van der Waals surface area contributed by atoms with Crippen LogP contribution in [0.15, 0.2) is 24.4 Å². The maximum atomic E-state index is 9.07. The molecule has 3 nitrogen and oxygen atoms in total. The standard InChI is InChI=1S/C16H23ClN2O/c1-2-3-12(6-7-20)9-18-10-13-11-19-16-8-14(17)4-5-15(13)16/h4-5,8,11-12,18-20H,2-3,6-7,9-10H2,1H3. The van der Waals surface area contributed by atoms with Gasteiger partial charge >= 0.3 is 0 Å². The summed E-state index contributed by atoms with van der Waals surface area (Å²) in [6.07, 6.45) is 5.24. The number of aromatic nitrogens is 1. The Bertz CT molecular complexity index is 532. The molecule has 3 N–H and O–H groups in total. The van der Waals surface area contributed by atoms with Gasteiger partial charge in [-0.3, -0.25) is 0 Å². The lowest BCUT2D eigenvalue weighted by Crippen LogP contribution is -2.23. The van der Waals surface area contributed by atoms with E-state index in [-0.39, 0.29) is 6.61 Å². The third kappa shape index (κ3) is 3.98. The summed E-state index contributed by atoms with van der Waals surface area (Å²) in [6.45, 7) is 4.26. The van der Waals surface area contributed by atoms with Gasteiger partial charge in [-0.1, -0.05) is 31.0 Å². The van der Waals surface area contributed by atoms with E-state index in [4.69, 9.17) is 16.7 Å². The number of hydrogen-bond acceptors (Lipinski definition) is 2. The fourth-order valence-corrected chi connectivity index (χ4v) is 2.83. The minimum atomic E-state index is 0.276. The molecule has 0 fully saturated rings. The van der Waals surface area contributed by atoms with Crippen molar-refractivity contribution in [3.05, 3.63) is 35.0 Å². The third-order valence-electron chi connectivity index (χ3n) is 3.71. The summed E-state index contributed by atoms with van der Waals surface area (Å²) in [4.78, 5) is 3.25. The van der Waals surface area contributed by atoms with E-state index in [0.717, 1.165) is 42.9 Å². The van der Waals surface area contributed by atoms with Crippen LogP contribution in [0.4, 0.5) is 0 Å². The van der Waals surface area contributed by atoms with E-state index in [9.17, 15) is 0 Å². The SMILES string of the molecule is CCCC(CCO)CNCc1c[nH]c2cc(Cl)ccc12. The zero-order valence-corrected chi connectivity index (χ0v) is 12.7. The van der Waals surface area contributed by atoms with Crippen molar-refractivity contribution in [3.63, 3.8) is 0 Å². The predicted octanol–water partition coefficient (Wildman–Crippen LogP) is 3.71. The molecule has 0 saturated carbocycles. The minimum absolute atomic E-state index is 0.276. The van der Waals surface area contributed by atoms with Gasteiger partial charge in [0.15, 0.2) is 0 Å². The summed E-state index contributed by atoms with van der Waals surface area (Å²) in [5.41, 5.74) is 2.34. The lowest BCUT2D eigenvalue weighted by molar-refractivity contribution is 0.248. The van der Waals surface area contributed by atoms with Gasteiger partial charge in [0.05, 0.1) is 0 Å². The summed E-state index contributed by atoms with van der Waals surface area (Å²) in [5.74, 6) is 0.560. The van der Waals surface area contributed by atoms with Crippen LogP contribution in [0.2, 0.25) is 5.02 Å². The van der Waals surface area contributed by atoms with Crippen molar-refractivity contribution < 1.29 is 5.11 Å². The summed E-state index contributed by atoms with van der Waals surface area (Å²) in [7, 11) is 0. The largest absolute Gasteiger partial charge is 0.396 e. The molecule has 0 saturated heterocycles. The number of fused-ring (bicyclic) bond motifs is 1. The molecule has 0 amide bonds. The van der Waals surface area contributed by atoms with Crippen LogP contribution >= 0.6 is 11.6 Å². The van der Waals surface area contributed by atoms with Crippen LogP contribution in [0.3, 0.4) is 0 Å². The van der Waals surface area contributed by atoms with Crippen molar-refractivity contribution in [3.8, 4) is 0 Å². The molecule has 1 atom stereocenters. The van der Waals surface area contributed by atoms with Gasteiger partial charge in [0.25, 0.3) is 0 Å². The molecule has 0 radical (unpaired) electrons. The molecule has 0 aliphatic rings. The second-order valence-corrected chi connectivity index (χ2v) is 5.74. The molecular formula is C16H23ClN2O. The highest BCUT2D eigenvalue weighted by Gasteiger charge is 2.08. The first-order chi connectivity index (χ1) is 9.74. The molecule has 0 spiro atoms. The Kier molecular flexibility index (Phi) is 5.89. The van der Waals surface area contributed by atoms with Crippen LogP contribution in [0, 0.1) is 5.92 Å². The molecule has 2 aromatic rings. The average molecular weight is 295 g/mol. The highest BCUT2D eigenvalue weighted by molar-refractivity contribution is 6.31. The van der Waals surface area contributed by atoms with Crippen molar-refractivity contribution >= 4 is 22.5 Å². The number of rotatable bonds is 8. The number of H-pyrrole nitrogens is 1. The van der Waals surface area contributed by atoms with Crippen LogP contribution < -0.4 is 5.32 Å². The minimum Gasteiger partial charge on any atom is -0.396 e. The fourth-order valence-electron chi connectivity index (χ4n) is 2.66. The number of aliphatic hydroxyl groups is 1. The van der Waals surface area contributed by atoms with Crippen LogP contribution in [0.25, 0.3) is 10.9 Å². The van der Waals surface area contributed by atoms with E-state index in [1.54, 1.807) is 0 Å². The Labute approximate surface area is 125 Å². The van der Waals surface area contributed by atoms with E-state index >= 15 is 0 Å². The van der Waals surface area contributed by atoms with Gasteiger partial charge in [-0.25, -0.2) is 0 Å². The van der Waals surface area contributed by atoms with Crippen molar-refractivity contribution in [2.75, 3.05) is 13.2 Å². The summed E-state index contributed by atoms with van der Waals surface area (Å²) >= 11 is 5.98.